The van der Waals surface area contributed by atoms with Gasteiger partial charge in [0, 0.05) is 5.33 Å². The van der Waals surface area contributed by atoms with Crippen LogP contribution in [-0.4, -0.2) is 5.33 Å². The lowest BCUT2D eigenvalue weighted by Crippen LogP contribution is -1.79. The van der Waals surface area contributed by atoms with Crippen molar-refractivity contribution in [3.05, 3.63) is 12.2 Å². The molecule has 0 heterocycles. The Bertz CT molecular complexity index is 129. The summed E-state index contributed by atoms with van der Waals surface area (Å²) in [6, 6.07) is 0. The van der Waals surface area contributed by atoms with Crippen molar-refractivity contribution in [3.63, 3.8) is 0 Å². The molecule has 0 aliphatic carbocycles. The van der Waals surface area contributed by atoms with E-state index in [0.29, 0.717) is 0 Å². The van der Waals surface area contributed by atoms with Crippen molar-refractivity contribution in [2.45, 2.75) is 71.1 Å². The summed E-state index contributed by atoms with van der Waals surface area (Å²) >= 11 is 3.44. The van der Waals surface area contributed by atoms with Crippen LogP contribution in [0.2, 0.25) is 0 Å². The lowest BCUT2D eigenvalue weighted by atomic mass is 10.1. The first-order chi connectivity index (χ1) is 7.41. The van der Waals surface area contributed by atoms with Crippen LogP contribution in [0.5, 0.6) is 0 Å². The number of alkyl halides is 1. The molecule has 90 valence electrons. The van der Waals surface area contributed by atoms with Gasteiger partial charge in [0.1, 0.15) is 0 Å². The van der Waals surface area contributed by atoms with E-state index in [9.17, 15) is 0 Å². The average Bonchev–Trinajstić information content (AvgIpc) is 2.26. The zero-order chi connectivity index (χ0) is 11.2. The summed E-state index contributed by atoms with van der Waals surface area (Å²) < 4.78 is 0. The highest BCUT2D eigenvalue weighted by atomic mass is 79.9. The van der Waals surface area contributed by atoms with Crippen LogP contribution >= 0.6 is 15.9 Å². The Morgan fingerprint density at radius 2 is 1.27 bits per heavy atom. The maximum atomic E-state index is 3.44. The largest absolute Gasteiger partial charge is 0.0928 e. The van der Waals surface area contributed by atoms with Gasteiger partial charge in [-0.1, -0.05) is 73.5 Å². The normalized spacial score (nSPS) is 11.3. The van der Waals surface area contributed by atoms with E-state index in [4.69, 9.17) is 0 Å². The molecule has 0 amide bonds. The molecular formula is C14H27Br. The fourth-order valence-corrected chi connectivity index (χ4v) is 1.97. The number of halogens is 1. The number of unbranched alkanes of at least 4 members (excludes halogenated alkanes) is 8. The number of rotatable bonds is 11. The van der Waals surface area contributed by atoms with Gasteiger partial charge in [-0.25, -0.2) is 0 Å². The molecule has 0 atom stereocenters. The van der Waals surface area contributed by atoms with E-state index in [-0.39, 0.29) is 0 Å². The molecule has 0 bridgehead atoms. The Hall–Kier alpha value is 0.220. The summed E-state index contributed by atoms with van der Waals surface area (Å²) in [5.74, 6) is 0. The van der Waals surface area contributed by atoms with Crippen molar-refractivity contribution >= 4 is 15.9 Å². The van der Waals surface area contributed by atoms with E-state index >= 15 is 0 Å². The van der Waals surface area contributed by atoms with Crippen LogP contribution in [-0.2, 0) is 0 Å². The molecule has 15 heavy (non-hydrogen) atoms. The van der Waals surface area contributed by atoms with Crippen LogP contribution in [0.4, 0.5) is 0 Å². The third kappa shape index (κ3) is 14.2. The Balaban J connectivity index is 2.95. The van der Waals surface area contributed by atoms with Gasteiger partial charge in [0.15, 0.2) is 0 Å². The van der Waals surface area contributed by atoms with Crippen LogP contribution in [0, 0.1) is 0 Å². The highest BCUT2D eigenvalue weighted by Crippen LogP contribution is 2.08. The lowest BCUT2D eigenvalue weighted by molar-refractivity contribution is 0.592. The fourth-order valence-electron chi connectivity index (χ4n) is 1.65. The Morgan fingerprint density at radius 3 is 1.87 bits per heavy atom. The zero-order valence-electron chi connectivity index (χ0n) is 10.3. The van der Waals surface area contributed by atoms with Gasteiger partial charge in [0.25, 0.3) is 0 Å². The monoisotopic (exact) mass is 274 g/mol. The van der Waals surface area contributed by atoms with Crippen LogP contribution in [0.3, 0.4) is 0 Å². The standard InChI is InChI=1S/C14H27Br/c1-2-3-4-5-6-7-8-9-10-11-12-13-14-15/h10-11H,2-9,12-14H2,1H3/b11-10-. The van der Waals surface area contributed by atoms with Gasteiger partial charge in [-0.3, -0.25) is 0 Å². The van der Waals surface area contributed by atoms with E-state index in [1.54, 1.807) is 0 Å². The van der Waals surface area contributed by atoms with Crippen molar-refractivity contribution in [1.82, 2.24) is 0 Å². The molecular weight excluding hydrogens is 248 g/mol. The molecule has 0 aromatic heterocycles. The van der Waals surface area contributed by atoms with Crippen molar-refractivity contribution in [2.24, 2.45) is 0 Å². The summed E-state index contributed by atoms with van der Waals surface area (Å²) in [6.45, 7) is 2.28. The van der Waals surface area contributed by atoms with Crippen LogP contribution < -0.4 is 0 Å². The highest BCUT2D eigenvalue weighted by molar-refractivity contribution is 9.09. The molecule has 1 heteroatoms. The fraction of sp³-hybridized carbons (Fsp3) is 0.857. The maximum absolute atomic E-state index is 3.44. The molecule has 0 radical (unpaired) electrons. The first-order valence-electron chi connectivity index (χ1n) is 6.62. The van der Waals surface area contributed by atoms with Gasteiger partial charge in [0.2, 0.25) is 0 Å². The first-order valence-corrected chi connectivity index (χ1v) is 7.75. The van der Waals surface area contributed by atoms with E-state index in [1.165, 1.54) is 64.2 Å². The summed E-state index contributed by atoms with van der Waals surface area (Å²) in [7, 11) is 0. The van der Waals surface area contributed by atoms with Gasteiger partial charge in [0.05, 0.1) is 0 Å². The molecule has 0 saturated heterocycles. The first kappa shape index (κ1) is 15.2. The smallest absolute Gasteiger partial charge is 0.00342 e. The Morgan fingerprint density at radius 1 is 0.733 bits per heavy atom. The molecule has 0 rings (SSSR count). The van der Waals surface area contributed by atoms with E-state index < -0.39 is 0 Å². The van der Waals surface area contributed by atoms with Gasteiger partial charge in [-0.15, -0.1) is 0 Å². The SMILES string of the molecule is CCCCCCCCC/C=C\CCCBr. The molecule has 0 aromatic rings. The minimum atomic E-state index is 1.13. The maximum Gasteiger partial charge on any atom is 0.00342 e. The minimum Gasteiger partial charge on any atom is -0.0928 e. The average molecular weight is 275 g/mol. The van der Waals surface area contributed by atoms with Crippen molar-refractivity contribution in [2.75, 3.05) is 5.33 Å². The Kier molecular flexibility index (Phi) is 14.4. The molecule has 0 aliphatic heterocycles. The van der Waals surface area contributed by atoms with Crippen molar-refractivity contribution in [1.29, 1.82) is 0 Å². The predicted octanol–water partition coefficient (Wildman–Crippen LogP) is 5.86. The van der Waals surface area contributed by atoms with Gasteiger partial charge >= 0.3 is 0 Å². The summed E-state index contributed by atoms with van der Waals surface area (Å²) in [5, 5.41) is 1.13. The second kappa shape index (κ2) is 14.2. The molecule has 0 aromatic carbocycles. The van der Waals surface area contributed by atoms with Crippen molar-refractivity contribution in [3.8, 4) is 0 Å². The topological polar surface area (TPSA) is 0 Å². The second-order valence-electron chi connectivity index (χ2n) is 4.21. The van der Waals surface area contributed by atoms with E-state index in [0.717, 1.165) is 5.33 Å². The summed E-state index contributed by atoms with van der Waals surface area (Å²) in [4.78, 5) is 0. The summed E-state index contributed by atoms with van der Waals surface area (Å²) in [5.41, 5.74) is 0. The number of hydrogen-bond donors (Lipinski definition) is 0. The van der Waals surface area contributed by atoms with E-state index in [2.05, 4.69) is 35.0 Å². The highest BCUT2D eigenvalue weighted by Gasteiger charge is 1.89. The number of hydrogen-bond acceptors (Lipinski definition) is 0. The molecule has 0 nitrogen and oxygen atoms in total. The third-order valence-electron chi connectivity index (χ3n) is 2.65. The quantitative estimate of drug-likeness (QED) is 0.252. The zero-order valence-corrected chi connectivity index (χ0v) is 11.9. The predicted molar refractivity (Wildman–Crippen MR) is 74.8 cm³/mol. The molecule has 0 unspecified atom stereocenters. The van der Waals surface area contributed by atoms with Gasteiger partial charge in [-0.2, -0.15) is 0 Å². The van der Waals surface area contributed by atoms with Crippen LogP contribution in [0.1, 0.15) is 71.1 Å². The van der Waals surface area contributed by atoms with Crippen LogP contribution in [0.15, 0.2) is 12.2 Å². The Labute approximate surface area is 105 Å². The molecule has 0 spiro atoms. The third-order valence-corrected chi connectivity index (χ3v) is 3.21. The van der Waals surface area contributed by atoms with E-state index in [1.807, 2.05) is 0 Å². The molecule has 0 saturated carbocycles. The van der Waals surface area contributed by atoms with Gasteiger partial charge < -0.3 is 0 Å². The molecule has 0 fully saturated rings. The minimum absolute atomic E-state index is 1.13. The number of allylic oxidation sites excluding steroid dienone is 2. The second-order valence-corrected chi connectivity index (χ2v) is 5.01. The van der Waals surface area contributed by atoms with Crippen molar-refractivity contribution < 1.29 is 0 Å². The van der Waals surface area contributed by atoms with Gasteiger partial charge in [-0.05, 0) is 25.7 Å². The summed E-state index contributed by atoms with van der Waals surface area (Å²) in [6.07, 6.45) is 18.4. The molecule has 0 N–H and O–H groups in total. The lowest BCUT2D eigenvalue weighted by Gasteiger charge is -1.98. The molecule has 0 aliphatic rings. The van der Waals surface area contributed by atoms with Crippen LogP contribution in [0.25, 0.3) is 0 Å².